The molecule has 0 radical (unpaired) electrons. The van der Waals surface area contributed by atoms with Crippen molar-refractivity contribution in [2.24, 2.45) is 0 Å². The van der Waals surface area contributed by atoms with Gasteiger partial charge in [-0.1, -0.05) is 42.0 Å². The van der Waals surface area contributed by atoms with Gasteiger partial charge in [-0.05, 0) is 37.0 Å². The lowest BCUT2D eigenvalue weighted by Crippen LogP contribution is -2.12. The maximum Gasteiger partial charge on any atom is 0.359 e. The van der Waals surface area contributed by atoms with Gasteiger partial charge in [0.25, 0.3) is 0 Å². The average molecular weight is 460 g/mol. The summed E-state index contributed by atoms with van der Waals surface area (Å²) in [4.78, 5) is 28.0. The van der Waals surface area contributed by atoms with Crippen LogP contribution in [-0.2, 0) is 17.7 Å². The first-order valence-electron chi connectivity index (χ1n) is 11.0. The van der Waals surface area contributed by atoms with Gasteiger partial charge in [0, 0.05) is 24.5 Å². The van der Waals surface area contributed by atoms with E-state index in [1.54, 1.807) is 18.5 Å². The van der Waals surface area contributed by atoms with Crippen molar-refractivity contribution < 1.29 is 14.5 Å². The average Bonchev–Trinajstić information content (AvgIpc) is 3.39. The molecule has 0 fully saturated rings. The topological polar surface area (TPSA) is 105 Å². The van der Waals surface area contributed by atoms with Crippen LogP contribution in [0.15, 0.2) is 60.8 Å². The second kappa shape index (κ2) is 9.70. The molecule has 0 amide bonds. The SMILES string of the molecule is CCOC(=O)c1nn(-c2ccccc2)c(-c2cccc(C)c2)c1CCn1c([N+](=O)[O-])cnc1C. The lowest BCUT2D eigenvalue weighted by molar-refractivity contribution is -0.392. The number of nitrogens with zero attached hydrogens (tertiary/aromatic N) is 5. The van der Waals surface area contributed by atoms with E-state index in [1.165, 1.54) is 10.8 Å². The summed E-state index contributed by atoms with van der Waals surface area (Å²) in [5.74, 6) is -0.0994. The van der Waals surface area contributed by atoms with Crippen LogP contribution < -0.4 is 0 Å². The number of aromatic nitrogens is 4. The Balaban J connectivity index is 1.91. The van der Waals surface area contributed by atoms with Crippen LogP contribution in [0.25, 0.3) is 16.9 Å². The maximum absolute atomic E-state index is 12.9. The van der Waals surface area contributed by atoms with E-state index in [4.69, 9.17) is 4.74 Å². The highest BCUT2D eigenvalue weighted by atomic mass is 16.6. The molecule has 0 aliphatic heterocycles. The quantitative estimate of drug-likeness (QED) is 0.215. The number of carbonyl (C=O) groups is 1. The zero-order valence-corrected chi connectivity index (χ0v) is 19.3. The molecule has 9 nitrogen and oxygen atoms in total. The van der Waals surface area contributed by atoms with Crippen molar-refractivity contribution in [2.75, 3.05) is 6.61 Å². The fraction of sp³-hybridized carbons (Fsp3) is 0.240. The summed E-state index contributed by atoms with van der Waals surface area (Å²) in [6.45, 7) is 5.92. The first-order valence-corrected chi connectivity index (χ1v) is 11.0. The number of nitro groups is 1. The monoisotopic (exact) mass is 459 g/mol. The van der Waals surface area contributed by atoms with Gasteiger partial charge in [-0.25, -0.2) is 19.0 Å². The standard InChI is InChI=1S/C25H25N5O4/c1-4-34-25(31)23-21(13-14-28-18(3)26-16-22(28)30(32)33)24(19-10-8-9-17(2)15-19)29(27-23)20-11-6-5-7-12-20/h5-12,15-16H,4,13-14H2,1-3H3. The van der Waals surface area contributed by atoms with Gasteiger partial charge in [-0.15, -0.1) is 0 Å². The zero-order chi connectivity index (χ0) is 24.2. The minimum Gasteiger partial charge on any atom is -0.461 e. The number of aryl methyl sites for hydroxylation is 2. The Labute approximate surface area is 196 Å². The van der Waals surface area contributed by atoms with E-state index >= 15 is 0 Å². The third-order valence-electron chi connectivity index (χ3n) is 5.55. The third-order valence-corrected chi connectivity index (χ3v) is 5.55. The van der Waals surface area contributed by atoms with Crippen molar-refractivity contribution in [3.05, 3.63) is 93.6 Å². The molecule has 2 heterocycles. The van der Waals surface area contributed by atoms with E-state index in [-0.39, 0.29) is 24.7 Å². The molecule has 0 spiro atoms. The lowest BCUT2D eigenvalue weighted by Gasteiger charge is -2.11. The third kappa shape index (κ3) is 4.45. The van der Waals surface area contributed by atoms with Crippen LogP contribution in [0.1, 0.15) is 34.4 Å². The normalized spacial score (nSPS) is 10.9. The molecule has 2 aromatic carbocycles. The Hall–Kier alpha value is -4.27. The van der Waals surface area contributed by atoms with Crippen LogP contribution in [0.3, 0.4) is 0 Å². The van der Waals surface area contributed by atoms with E-state index in [2.05, 4.69) is 10.1 Å². The number of hydrogen-bond donors (Lipinski definition) is 0. The predicted molar refractivity (Wildman–Crippen MR) is 127 cm³/mol. The zero-order valence-electron chi connectivity index (χ0n) is 19.3. The van der Waals surface area contributed by atoms with Crippen LogP contribution in [0.5, 0.6) is 0 Å². The molecule has 0 aliphatic rings. The number of hydrogen-bond acceptors (Lipinski definition) is 6. The van der Waals surface area contributed by atoms with E-state index in [0.717, 1.165) is 22.5 Å². The number of esters is 1. The van der Waals surface area contributed by atoms with Crippen molar-refractivity contribution in [3.8, 4) is 16.9 Å². The lowest BCUT2D eigenvalue weighted by atomic mass is 10.0. The Morgan fingerprint density at radius 2 is 1.88 bits per heavy atom. The Morgan fingerprint density at radius 3 is 2.56 bits per heavy atom. The van der Waals surface area contributed by atoms with Crippen LogP contribution in [0.4, 0.5) is 5.82 Å². The molecule has 174 valence electrons. The van der Waals surface area contributed by atoms with Crippen LogP contribution >= 0.6 is 0 Å². The largest absolute Gasteiger partial charge is 0.461 e. The summed E-state index contributed by atoms with van der Waals surface area (Å²) < 4.78 is 8.59. The number of ether oxygens (including phenoxy) is 1. The van der Waals surface area contributed by atoms with Gasteiger partial charge in [0.2, 0.25) is 0 Å². The molecule has 34 heavy (non-hydrogen) atoms. The Morgan fingerprint density at radius 1 is 1.12 bits per heavy atom. The van der Waals surface area contributed by atoms with Gasteiger partial charge < -0.3 is 14.9 Å². The molecule has 0 N–H and O–H groups in total. The van der Waals surface area contributed by atoms with Crippen molar-refractivity contribution in [3.63, 3.8) is 0 Å². The molecule has 0 atom stereocenters. The van der Waals surface area contributed by atoms with Crippen LogP contribution in [-0.4, -0.2) is 36.8 Å². The molecular weight excluding hydrogens is 434 g/mol. The highest BCUT2D eigenvalue weighted by Gasteiger charge is 2.27. The number of imidazole rings is 1. The fourth-order valence-electron chi connectivity index (χ4n) is 4.00. The molecule has 4 rings (SSSR count). The van der Waals surface area contributed by atoms with Crippen molar-refractivity contribution in [2.45, 2.75) is 33.7 Å². The highest BCUT2D eigenvalue weighted by molar-refractivity contribution is 5.91. The van der Waals surface area contributed by atoms with Crippen molar-refractivity contribution in [1.82, 2.24) is 19.3 Å². The summed E-state index contributed by atoms with van der Waals surface area (Å²) in [5, 5.41) is 16.1. The van der Waals surface area contributed by atoms with Gasteiger partial charge in [0.05, 0.1) is 24.5 Å². The second-order valence-electron chi connectivity index (χ2n) is 7.84. The summed E-state index contributed by atoms with van der Waals surface area (Å²) >= 11 is 0. The minimum absolute atomic E-state index is 0.0947. The van der Waals surface area contributed by atoms with Gasteiger partial charge in [-0.3, -0.25) is 0 Å². The van der Waals surface area contributed by atoms with Crippen molar-refractivity contribution >= 4 is 11.8 Å². The molecule has 2 aromatic heterocycles. The molecular formula is C25H25N5O4. The molecule has 9 heteroatoms. The summed E-state index contributed by atoms with van der Waals surface area (Å²) in [6.07, 6.45) is 1.57. The summed E-state index contributed by atoms with van der Waals surface area (Å²) in [7, 11) is 0. The second-order valence-corrected chi connectivity index (χ2v) is 7.84. The van der Waals surface area contributed by atoms with Crippen LogP contribution in [0, 0.1) is 24.0 Å². The minimum atomic E-state index is -0.530. The first kappa shape index (κ1) is 22.9. The molecule has 0 aliphatic carbocycles. The Bertz CT molecular complexity index is 1340. The summed E-state index contributed by atoms with van der Waals surface area (Å²) in [6, 6.07) is 17.5. The number of carbonyl (C=O) groups excluding carboxylic acids is 1. The molecule has 4 aromatic rings. The first-order chi connectivity index (χ1) is 16.4. The van der Waals surface area contributed by atoms with E-state index in [0.29, 0.717) is 17.8 Å². The van der Waals surface area contributed by atoms with E-state index in [9.17, 15) is 14.9 Å². The highest BCUT2D eigenvalue weighted by Crippen LogP contribution is 2.31. The van der Waals surface area contributed by atoms with Gasteiger partial charge >= 0.3 is 11.8 Å². The van der Waals surface area contributed by atoms with Gasteiger partial charge in [0.15, 0.2) is 11.5 Å². The van der Waals surface area contributed by atoms with Gasteiger partial charge in [0.1, 0.15) is 6.20 Å². The maximum atomic E-state index is 12.9. The fourth-order valence-corrected chi connectivity index (χ4v) is 4.00. The van der Waals surface area contributed by atoms with Crippen LogP contribution in [0.2, 0.25) is 0 Å². The molecule has 0 saturated carbocycles. The summed E-state index contributed by atoms with van der Waals surface area (Å²) in [5.41, 5.74) is 4.35. The van der Waals surface area contributed by atoms with E-state index in [1.807, 2.05) is 61.5 Å². The predicted octanol–water partition coefficient (Wildman–Crippen LogP) is 4.68. The van der Waals surface area contributed by atoms with E-state index < -0.39 is 10.9 Å². The van der Waals surface area contributed by atoms with Crippen molar-refractivity contribution in [1.29, 1.82) is 0 Å². The molecule has 0 saturated heterocycles. The number of benzene rings is 2. The van der Waals surface area contributed by atoms with Gasteiger partial charge in [-0.2, -0.15) is 5.10 Å². The number of para-hydroxylation sites is 1. The Kier molecular flexibility index (Phi) is 6.53. The smallest absolute Gasteiger partial charge is 0.359 e. The number of rotatable bonds is 8. The molecule has 0 unspecified atom stereocenters. The molecule has 0 bridgehead atoms.